The van der Waals surface area contributed by atoms with E-state index in [9.17, 15) is 19.8 Å². The van der Waals surface area contributed by atoms with Crippen molar-refractivity contribution in [3.8, 4) is 11.5 Å². The Morgan fingerprint density at radius 1 is 0.971 bits per heavy atom. The molecule has 8 heteroatoms. The van der Waals surface area contributed by atoms with Crippen molar-refractivity contribution in [2.45, 2.75) is 32.9 Å². The third kappa shape index (κ3) is 4.72. The Morgan fingerprint density at radius 2 is 1.66 bits per heavy atom. The van der Waals surface area contributed by atoms with Gasteiger partial charge in [-0.15, -0.1) is 0 Å². The van der Waals surface area contributed by atoms with Crippen LogP contribution in [-0.2, 0) is 9.59 Å². The van der Waals surface area contributed by atoms with E-state index in [2.05, 4.69) is 0 Å². The van der Waals surface area contributed by atoms with E-state index in [0.717, 1.165) is 5.56 Å². The van der Waals surface area contributed by atoms with Crippen LogP contribution >= 0.6 is 23.2 Å². The van der Waals surface area contributed by atoms with Gasteiger partial charge in [0.15, 0.2) is 0 Å². The van der Waals surface area contributed by atoms with Gasteiger partial charge in [-0.2, -0.15) is 0 Å². The first-order valence-corrected chi connectivity index (χ1v) is 11.7. The predicted molar refractivity (Wildman–Crippen MR) is 136 cm³/mol. The van der Waals surface area contributed by atoms with Gasteiger partial charge in [0.2, 0.25) is 0 Å². The summed E-state index contributed by atoms with van der Waals surface area (Å²) in [4.78, 5) is 27.8. The van der Waals surface area contributed by atoms with E-state index in [0.29, 0.717) is 27.6 Å². The first-order chi connectivity index (χ1) is 16.6. The number of phenols is 1. The van der Waals surface area contributed by atoms with Crippen molar-refractivity contribution in [2.75, 3.05) is 4.90 Å². The fourth-order valence-electron chi connectivity index (χ4n) is 4.04. The summed E-state index contributed by atoms with van der Waals surface area (Å²) in [5.74, 6) is -1.30. The zero-order chi connectivity index (χ0) is 25.4. The number of hydrogen-bond donors (Lipinski definition) is 2. The normalized spacial score (nSPS) is 17.3. The Balaban J connectivity index is 1.90. The highest BCUT2D eigenvalue weighted by Gasteiger charge is 2.47. The van der Waals surface area contributed by atoms with Gasteiger partial charge >= 0.3 is 0 Å². The Labute approximate surface area is 213 Å². The first kappa shape index (κ1) is 24.6. The number of amides is 1. The molecule has 0 aromatic heterocycles. The van der Waals surface area contributed by atoms with Crippen molar-refractivity contribution in [3.05, 3.63) is 93.0 Å². The number of aliphatic hydroxyl groups is 1. The molecule has 35 heavy (non-hydrogen) atoms. The summed E-state index contributed by atoms with van der Waals surface area (Å²) >= 11 is 12.2. The third-order valence-electron chi connectivity index (χ3n) is 5.65. The average molecular weight is 512 g/mol. The average Bonchev–Trinajstić information content (AvgIpc) is 3.07. The Kier molecular flexibility index (Phi) is 6.79. The molecule has 3 aromatic carbocycles. The summed E-state index contributed by atoms with van der Waals surface area (Å²) in [7, 11) is 0. The maximum Gasteiger partial charge on any atom is 0.300 e. The van der Waals surface area contributed by atoms with Crippen LogP contribution in [0, 0.1) is 6.92 Å². The molecule has 1 aliphatic rings. The van der Waals surface area contributed by atoms with Crippen LogP contribution in [0.2, 0.25) is 10.0 Å². The van der Waals surface area contributed by atoms with Gasteiger partial charge in [-0.05, 0) is 80.4 Å². The summed E-state index contributed by atoms with van der Waals surface area (Å²) in [5.41, 5.74) is 1.92. The highest BCUT2D eigenvalue weighted by molar-refractivity contribution is 6.52. The van der Waals surface area contributed by atoms with Crippen molar-refractivity contribution >= 4 is 46.3 Å². The maximum absolute atomic E-state index is 13.3. The number of ketones is 1. The van der Waals surface area contributed by atoms with Crippen LogP contribution in [0.25, 0.3) is 5.76 Å². The summed E-state index contributed by atoms with van der Waals surface area (Å²) in [6.07, 6.45) is -0.0285. The van der Waals surface area contributed by atoms with Gasteiger partial charge in [0.1, 0.15) is 17.3 Å². The lowest BCUT2D eigenvalue weighted by Gasteiger charge is -2.26. The van der Waals surface area contributed by atoms with E-state index in [1.165, 1.54) is 29.2 Å². The molecule has 2 N–H and O–H groups in total. The Bertz CT molecular complexity index is 1350. The molecule has 1 heterocycles. The number of phenolic OH excluding ortho intramolecular Hbond substituents is 1. The number of carbonyl (C=O) groups is 2. The van der Waals surface area contributed by atoms with Crippen LogP contribution in [0.1, 0.15) is 36.6 Å². The summed E-state index contributed by atoms with van der Waals surface area (Å²) in [6, 6.07) is 14.8. The largest absolute Gasteiger partial charge is 0.508 e. The molecular weight excluding hydrogens is 489 g/mol. The predicted octanol–water partition coefficient (Wildman–Crippen LogP) is 6.42. The number of aromatic hydroxyl groups is 1. The maximum atomic E-state index is 13.3. The zero-order valence-corrected chi connectivity index (χ0v) is 20.8. The van der Waals surface area contributed by atoms with Crippen LogP contribution in [0.4, 0.5) is 5.69 Å². The molecule has 6 nitrogen and oxygen atoms in total. The minimum Gasteiger partial charge on any atom is -0.508 e. The monoisotopic (exact) mass is 511 g/mol. The Hall–Kier alpha value is -3.48. The van der Waals surface area contributed by atoms with Gasteiger partial charge in [-0.25, -0.2) is 0 Å². The van der Waals surface area contributed by atoms with Gasteiger partial charge in [0.05, 0.1) is 27.8 Å². The van der Waals surface area contributed by atoms with E-state index < -0.39 is 17.7 Å². The molecule has 4 rings (SSSR count). The molecule has 1 saturated heterocycles. The number of Topliss-reactive ketones (excluding diaryl/α,β-unsaturated/α-hetero) is 1. The van der Waals surface area contributed by atoms with Gasteiger partial charge in [-0.1, -0.05) is 35.3 Å². The number of anilines is 1. The zero-order valence-electron chi connectivity index (χ0n) is 19.3. The fourth-order valence-corrected chi connectivity index (χ4v) is 4.34. The van der Waals surface area contributed by atoms with Crippen molar-refractivity contribution in [1.29, 1.82) is 0 Å². The van der Waals surface area contributed by atoms with Crippen LogP contribution in [0.3, 0.4) is 0 Å². The van der Waals surface area contributed by atoms with Crippen molar-refractivity contribution in [1.82, 2.24) is 0 Å². The molecular formula is C27H23Cl2NO5. The standard InChI is InChI=1S/C27H23Cl2NO5/c1-14(2)35-22-11-6-17(12-15(22)3)25(32)23-24(16-4-8-19(31)9-5-16)30(27(34)26(23)33)18-7-10-20(28)21(29)13-18/h4-14,24,31-32H,1-3H3/b25-23+. The molecule has 0 spiro atoms. The molecule has 1 aliphatic heterocycles. The lowest BCUT2D eigenvalue weighted by atomic mass is 9.94. The number of benzene rings is 3. The number of nitrogens with zero attached hydrogens (tertiary/aromatic N) is 1. The third-order valence-corrected chi connectivity index (χ3v) is 6.38. The van der Waals surface area contributed by atoms with Crippen LogP contribution in [-0.4, -0.2) is 28.0 Å². The number of hydrogen-bond acceptors (Lipinski definition) is 5. The second-order valence-corrected chi connectivity index (χ2v) is 9.32. The lowest BCUT2D eigenvalue weighted by Crippen LogP contribution is -2.29. The summed E-state index contributed by atoms with van der Waals surface area (Å²) in [6.45, 7) is 5.66. The fraction of sp³-hybridized carbons (Fsp3) is 0.185. The number of ether oxygens (including phenoxy) is 1. The molecule has 3 aromatic rings. The van der Waals surface area contributed by atoms with Gasteiger partial charge in [0.25, 0.3) is 11.7 Å². The van der Waals surface area contributed by atoms with E-state index >= 15 is 0 Å². The van der Waals surface area contributed by atoms with Crippen molar-refractivity contribution in [3.63, 3.8) is 0 Å². The number of carbonyl (C=O) groups excluding carboxylic acids is 2. The van der Waals surface area contributed by atoms with Gasteiger partial charge in [-0.3, -0.25) is 14.5 Å². The van der Waals surface area contributed by atoms with Crippen LogP contribution < -0.4 is 9.64 Å². The van der Waals surface area contributed by atoms with E-state index in [-0.39, 0.29) is 28.2 Å². The summed E-state index contributed by atoms with van der Waals surface area (Å²) in [5, 5.41) is 21.6. The van der Waals surface area contributed by atoms with E-state index in [4.69, 9.17) is 27.9 Å². The highest BCUT2D eigenvalue weighted by Crippen LogP contribution is 2.43. The minimum atomic E-state index is -0.959. The van der Waals surface area contributed by atoms with Gasteiger partial charge < -0.3 is 14.9 Å². The number of aryl methyl sites for hydroxylation is 1. The van der Waals surface area contributed by atoms with Crippen molar-refractivity contribution < 1.29 is 24.5 Å². The molecule has 0 aliphatic carbocycles. The quantitative estimate of drug-likeness (QED) is 0.234. The number of halogens is 2. The number of aliphatic hydroxyl groups excluding tert-OH is 1. The van der Waals surface area contributed by atoms with Crippen LogP contribution in [0.15, 0.2) is 66.2 Å². The molecule has 1 amide bonds. The topological polar surface area (TPSA) is 87.1 Å². The molecule has 1 atom stereocenters. The molecule has 0 bridgehead atoms. The number of rotatable bonds is 5. The highest BCUT2D eigenvalue weighted by atomic mass is 35.5. The summed E-state index contributed by atoms with van der Waals surface area (Å²) < 4.78 is 5.77. The smallest absolute Gasteiger partial charge is 0.300 e. The molecule has 0 radical (unpaired) electrons. The minimum absolute atomic E-state index is 0.0246. The van der Waals surface area contributed by atoms with Crippen molar-refractivity contribution in [2.24, 2.45) is 0 Å². The second kappa shape index (κ2) is 9.64. The molecule has 1 unspecified atom stereocenters. The molecule has 0 saturated carbocycles. The molecule has 180 valence electrons. The SMILES string of the molecule is Cc1cc(/C(O)=C2\C(=O)C(=O)N(c3ccc(Cl)c(Cl)c3)C2c2ccc(O)cc2)ccc1OC(C)C. The first-order valence-electron chi connectivity index (χ1n) is 10.9. The Morgan fingerprint density at radius 3 is 2.26 bits per heavy atom. The van der Waals surface area contributed by atoms with E-state index in [1.807, 2.05) is 20.8 Å². The lowest BCUT2D eigenvalue weighted by molar-refractivity contribution is -0.132. The van der Waals surface area contributed by atoms with E-state index in [1.54, 1.807) is 36.4 Å². The molecule has 1 fully saturated rings. The second-order valence-electron chi connectivity index (χ2n) is 8.51. The van der Waals surface area contributed by atoms with Gasteiger partial charge in [0, 0.05) is 11.3 Å². The van der Waals surface area contributed by atoms with Crippen LogP contribution in [0.5, 0.6) is 11.5 Å².